The topological polar surface area (TPSA) is 83.9 Å². The van der Waals surface area contributed by atoms with Crippen LogP contribution in [-0.4, -0.2) is 49.6 Å². The van der Waals surface area contributed by atoms with Crippen molar-refractivity contribution in [3.05, 3.63) is 29.6 Å². The van der Waals surface area contributed by atoms with E-state index in [-0.39, 0.29) is 25.1 Å². The molecule has 1 aromatic carbocycles. The van der Waals surface area contributed by atoms with Crippen LogP contribution < -0.4 is 0 Å². The highest BCUT2D eigenvalue weighted by Crippen LogP contribution is 2.29. The van der Waals surface area contributed by atoms with Crippen LogP contribution in [-0.2, 0) is 14.8 Å². The van der Waals surface area contributed by atoms with E-state index in [9.17, 15) is 22.7 Å². The summed E-state index contributed by atoms with van der Waals surface area (Å²) in [6.45, 7) is 1.52. The molecule has 0 radical (unpaired) electrons. The van der Waals surface area contributed by atoms with Gasteiger partial charge in [0.05, 0.1) is 23.2 Å². The average molecular weight is 317 g/mol. The Balaban J connectivity index is 2.50. The second-order valence-electron chi connectivity index (χ2n) is 5.22. The number of aliphatic hydroxyl groups is 1. The number of β-amino-alcohol motifs (C(OH)–C–C–N with tert-alkyl or cyclic N) is 1. The number of halogens is 1. The van der Waals surface area contributed by atoms with Gasteiger partial charge in [-0.2, -0.15) is 4.31 Å². The first-order chi connectivity index (χ1) is 9.67. The summed E-state index contributed by atoms with van der Waals surface area (Å²) in [5, 5.41) is 9.88. The number of nitrogens with zero attached hydrogens (tertiary/aromatic N) is 1. The zero-order valence-electron chi connectivity index (χ0n) is 11.7. The summed E-state index contributed by atoms with van der Waals surface area (Å²) in [6.07, 6.45) is 0.273. The minimum atomic E-state index is -4.09. The Morgan fingerprint density at radius 1 is 1.48 bits per heavy atom. The molecule has 116 valence electrons. The number of sulfonamides is 1. The van der Waals surface area contributed by atoms with Crippen molar-refractivity contribution in [2.75, 3.05) is 20.2 Å². The molecule has 21 heavy (non-hydrogen) atoms. The molecule has 1 unspecified atom stereocenters. The fraction of sp³-hybridized carbons (Fsp3) is 0.462. The van der Waals surface area contributed by atoms with Gasteiger partial charge in [-0.05, 0) is 31.5 Å². The third kappa shape index (κ3) is 3.07. The summed E-state index contributed by atoms with van der Waals surface area (Å²) >= 11 is 0. The standard InChI is InChI=1S/C13H16FNO5S/c1-13(17)5-6-15(8-13)21(18,19)11-7-9(14)3-4-10(11)12(16)20-2/h3-4,7,17H,5-6,8H2,1-2H3. The van der Waals surface area contributed by atoms with Gasteiger partial charge in [0.2, 0.25) is 10.0 Å². The highest BCUT2D eigenvalue weighted by Gasteiger charge is 2.40. The Labute approximate surface area is 122 Å². The molecular weight excluding hydrogens is 301 g/mol. The number of methoxy groups -OCH3 is 1. The lowest BCUT2D eigenvalue weighted by Gasteiger charge is -2.20. The van der Waals surface area contributed by atoms with Gasteiger partial charge >= 0.3 is 5.97 Å². The third-order valence-electron chi connectivity index (χ3n) is 3.38. The molecule has 2 rings (SSSR count). The molecule has 6 nitrogen and oxygen atoms in total. The van der Waals surface area contributed by atoms with Gasteiger partial charge < -0.3 is 9.84 Å². The minimum absolute atomic E-state index is 0.104. The Hall–Kier alpha value is -1.51. The molecule has 1 atom stereocenters. The number of benzene rings is 1. The maximum atomic E-state index is 13.4. The van der Waals surface area contributed by atoms with Crippen molar-refractivity contribution in [2.45, 2.75) is 23.8 Å². The van der Waals surface area contributed by atoms with E-state index >= 15 is 0 Å². The predicted octanol–water partition coefficient (Wildman–Crippen LogP) is 0.758. The quantitative estimate of drug-likeness (QED) is 0.832. The van der Waals surface area contributed by atoms with Crippen molar-refractivity contribution in [2.24, 2.45) is 0 Å². The maximum absolute atomic E-state index is 13.4. The van der Waals surface area contributed by atoms with Crippen LogP contribution in [0.5, 0.6) is 0 Å². The summed E-state index contributed by atoms with van der Waals surface area (Å²) in [7, 11) is -2.97. The molecule has 0 spiro atoms. The molecule has 0 bridgehead atoms. The van der Waals surface area contributed by atoms with E-state index in [2.05, 4.69) is 4.74 Å². The number of ether oxygens (including phenoxy) is 1. The number of hydrogen-bond acceptors (Lipinski definition) is 5. The van der Waals surface area contributed by atoms with Gasteiger partial charge in [0, 0.05) is 13.1 Å². The largest absolute Gasteiger partial charge is 0.465 e. The molecule has 1 aliphatic heterocycles. The van der Waals surface area contributed by atoms with E-state index in [1.807, 2.05) is 0 Å². The first kappa shape index (κ1) is 15.9. The molecule has 8 heteroatoms. The van der Waals surface area contributed by atoms with Crippen molar-refractivity contribution >= 4 is 16.0 Å². The van der Waals surface area contributed by atoms with Gasteiger partial charge in [-0.1, -0.05) is 0 Å². The van der Waals surface area contributed by atoms with Gasteiger partial charge in [-0.15, -0.1) is 0 Å². The molecule has 1 heterocycles. The van der Waals surface area contributed by atoms with Gasteiger partial charge in [-0.25, -0.2) is 17.6 Å². The number of hydrogen-bond donors (Lipinski definition) is 1. The molecule has 0 saturated carbocycles. The van der Waals surface area contributed by atoms with Gasteiger partial charge in [-0.3, -0.25) is 0 Å². The molecule has 1 fully saturated rings. The second-order valence-corrected chi connectivity index (χ2v) is 7.12. The molecule has 1 saturated heterocycles. The highest BCUT2D eigenvalue weighted by atomic mass is 32.2. The molecule has 0 aromatic heterocycles. The number of carbonyl (C=O) groups excluding carboxylic acids is 1. The summed E-state index contributed by atoms with van der Waals surface area (Å²) in [4.78, 5) is 11.2. The summed E-state index contributed by atoms with van der Waals surface area (Å²) in [5.74, 6) is -1.63. The fourth-order valence-corrected chi connectivity index (χ4v) is 3.98. The average Bonchev–Trinajstić information content (AvgIpc) is 2.79. The van der Waals surface area contributed by atoms with Crippen LogP contribution in [0.1, 0.15) is 23.7 Å². The minimum Gasteiger partial charge on any atom is -0.465 e. The van der Waals surface area contributed by atoms with Crippen LogP contribution in [0.15, 0.2) is 23.1 Å². The molecule has 1 aromatic rings. The molecule has 1 N–H and O–H groups in total. The first-order valence-electron chi connectivity index (χ1n) is 6.28. The summed E-state index contributed by atoms with van der Waals surface area (Å²) < 4.78 is 44.1. The Morgan fingerprint density at radius 2 is 2.14 bits per heavy atom. The Morgan fingerprint density at radius 3 is 2.67 bits per heavy atom. The van der Waals surface area contributed by atoms with E-state index in [1.54, 1.807) is 0 Å². The normalized spacial score (nSPS) is 23.2. The lowest BCUT2D eigenvalue weighted by molar-refractivity contribution is 0.0596. The van der Waals surface area contributed by atoms with E-state index in [0.29, 0.717) is 0 Å². The van der Waals surface area contributed by atoms with E-state index in [1.165, 1.54) is 6.92 Å². The van der Waals surface area contributed by atoms with Crippen molar-refractivity contribution in [3.63, 3.8) is 0 Å². The number of rotatable bonds is 3. The van der Waals surface area contributed by atoms with Crippen molar-refractivity contribution in [3.8, 4) is 0 Å². The fourth-order valence-electron chi connectivity index (χ4n) is 2.24. The van der Waals surface area contributed by atoms with Crippen LogP contribution in [0.3, 0.4) is 0 Å². The molecule has 0 aliphatic carbocycles. The van der Waals surface area contributed by atoms with Crippen LogP contribution in [0.25, 0.3) is 0 Å². The van der Waals surface area contributed by atoms with E-state index in [0.717, 1.165) is 29.6 Å². The predicted molar refractivity (Wildman–Crippen MR) is 71.7 cm³/mol. The van der Waals surface area contributed by atoms with Crippen molar-refractivity contribution < 1.29 is 27.4 Å². The van der Waals surface area contributed by atoms with Crippen LogP contribution in [0, 0.1) is 5.82 Å². The first-order valence-corrected chi connectivity index (χ1v) is 7.72. The lowest BCUT2D eigenvalue weighted by Crippen LogP contribution is -2.34. The van der Waals surface area contributed by atoms with E-state index in [4.69, 9.17) is 0 Å². The van der Waals surface area contributed by atoms with Crippen LogP contribution in [0.2, 0.25) is 0 Å². The summed E-state index contributed by atoms with van der Waals surface area (Å²) in [6, 6.07) is 2.85. The Bertz CT molecular complexity index is 671. The molecular formula is C13H16FNO5S. The smallest absolute Gasteiger partial charge is 0.339 e. The van der Waals surface area contributed by atoms with E-state index < -0.39 is 32.3 Å². The second kappa shape index (κ2) is 5.36. The van der Waals surface area contributed by atoms with Gasteiger partial charge in [0.1, 0.15) is 5.82 Å². The zero-order chi connectivity index (χ0) is 15.8. The zero-order valence-corrected chi connectivity index (χ0v) is 12.5. The summed E-state index contributed by atoms with van der Waals surface area (Å²) in [5.41, 5.74) is -1.36. The van der Waals surface area contributed by atoms with Crippen molar-refractivity contribution in [1.29, 1.82) is 0 Å². The van der Waals surface area contributed by atoms with Gasteiger partial charge in [0.25, 0.3) is 0 Å². The molecule has 1 aliphatic rings. The Kier molecular flexibility index (Phi) is 4.05. The van der Waals surface area contributed by atoms with Crippen LogP contribution in [0.4, 0.5) is 4.39 Å². The highest BCUT2D eigenvalue weighted by molar-refractivity contribution is 7.89. The van der Waals surface area contributed by atoms with Crippen molar-refractivity contribution in [1.82, 2.24) is 4.31 Å². The number of esters is 1. The maximum Gasteiger partial charge on any atom is 0.339 e. The van der Waals surface area contributed by atoms with Gasteiger partial charge in [0.15, 0.2) is 0 Å². The molecule has 0 amide bonds. The SMILES string of the molecule is COC(=O)c1ccc(F)cc1S(=O)(=O)N1CCC(C)(O)C1. The monoisotopic (exact) mass is 317 g/mol. The lowest BCUT2D eigenvalue weighted by atomic mass is 10.1. The van der Waals surface area contributed by atoms with Crippen LogP contribution >= 0.6 is 0 Å². The number of carbonyl (C=O) groups is 1. The third-order valence-corrected chi connectivity index (χ3v) is 5.27.